The summed E-state index contributed by atoms with van der Waals surface area (Å²) < 4.78 is 0. The first-order chi connectivity index (χ1) is 6.97. The first-order valence-corrected chi connectivity index (χ1v) is 8.81. The van der Waals surface area contributed by atoms with E-state index < -0.39 is 0 Å². The molecule has 0 saturated carbocycles. The van der Waals surface area contributed by atoms with Gasteiger partial charge in [0.05, 0.1) is 0 Å². The predicted octanol–water partition coefficient (Wildman–Crippen LogP) is 5.70. The Morgan fingerprint density at radius 1 is 1.13 bits per heavy atom. The van der Waals surface area contributed by atoms with Gasteiger partial charge in [-0.15, -0.1) is 23.2 Å². The van der Waals surface area contributed by atoms with E-state index in [4.69, 9.17) is 23.2 Å². The second-order valence-corrected chi connectivity index (χ2v) is 8.63. The minimum Gasteiger partial charge on any atom is -0.126 e. The van der Waals surface area contributed by atoms with E-state index in [-0.39, 0.29) is 5.38 Å². The minimum absolute atomic E-state index is 0.194. The molecular formula is C10H17Br3Cl2. The largest absolute Gasteiger partial charge is 0.126 e. The fourth-order valence-corrected chi connectivity index (χ4v) is 3.56. The first-order valence-electron chi connectivity index (χ1n) is 5.09. The van der Waals surface area contributed by atoms with Crippen molar-refractivity contribution >= 4 is 71.0 Å². The second-order valence-electron chi connectivity index (χ2n) is 3.73. The summed E-state index contributed by atoms with van der Waals surface area (Å²) in [5.74, 6) is 0.629. The van der Waals surface area contributed by atoms with Crippen LogP contribution in [0.15, 0.2) is 0 Å². The Balaban J connectivity index is 3.64. The van der Waals surface area contributed by atoms with Crippen LogP contribution in [0.5, 0.6) is 0 Å². The Morgan fingerprint density at radius 3 is 2.20 bits per heavy atom. The third-order valence-corrected chi connectivity index (χ3v) is 5.86. The molecular weight excluding hydrogens is 431 g/mol. The summed E-state index contributed by atoms with van der Waals surface area (Å²) in [4.78, 5) is 1.27. The highest BCUT2D eigenvalue weighted by molar-refractivity contribution is 9.10. The van der Waals surface area contributed by atoms with E-state index in [1.165, 1.54) is 6.42 Å². The summed E-state index contributed by atoms with van der Waals surface area (Å²) in [5, 5.41) is 0.194. The van der Waals surface area contributed by atoms with Gasteiger partial charge in [0.2, 0.25) is 0 Å². The lowest BCUT2D eigenvalue weighted by atomic mass is 10.1. The van der Waals surface area contributed by atoms with Gasteiger partial charge in [-0.3, -0.25) is 0 Å². The number of halogens is 5. The maximum Gasteiger partial charge on any atom is 0.0461 e. The number of hydrogen-bond acceptors (Lipinski definition) is 0. The van der Waals surface area contributed by atoms with Crippen LogP contribution in [0.3, 0.4) is 0 Å². The third kappa shape index (κ3) is 9.70. The molecule has 4 atom stereocenters. The zero-order chi connectivity index (χ0) is 11.8. The maximum absolute atomic E-state index is 6.29. The van der Waals surface area contributed by atoms with Crippen LogP contribution in [-0.4, -0.2) is 25.7 Å². The molecule has 0 N–H and O–H groups in total. The Bertz CT molecular complexity index is 156. The third-order valence-electron chi connectivity index (χ3n) is 2.12. The summed E-state index contributed by atoms with van der Waals surface area (Å²) >= 11 is 22.7. The molecule has 0 nitrogen and oxygen atoms in total. The van der Waals surface area contributed by atoms with Crippen molar-refractivity contribution in [2.45, 2.75) is 52.5 Å². The molecule has 0 heterocycles. The van der Waals surface area contributed by atoms with Crippen molar-refractivity contribution in [3.05, 3.63) is 0 Å². The smallest absolute Gasteiger partial charge is 0.0461 e. The molecule has 0 spiro atoms. The van der Waals surface area contributed by atoms with Crippen molar-refractivity contribution in [3.8, 4) is 0 Å². The van der Waals surface area contributed by atoms with Crippen molar-refractivity contribution in [3.63, 3.8) is 0 Å². The standard InChI is InChI=1S/C10H17Br3Cl2/c1-7(11)3-2-4-10(15)9(13)5-8(12)6-14/h7-10H,2-6H2,1H3. The number of alkyl halides is 5. The van der Waals surface area contributed by atoms with Crippen LogP contribution >= 0.6 is 71.0 Å². The van der Waals surface area contributed by atoms with E-state index in [9.17, 15) is 0 Å². The van der Waals surface area contributed by atoms with Gasteiger partial charge in [-0.05, 0) is 19.3 Å². The highest BCUT2D eigenvalue weighted by Gasteiger charge is 2.19. The van der Waals surface area contributed by atoms with Crippen LogP contribution in [0.1, 0.15) is 32.6 Å². The van der Waals surface area contributed by atoms with Crippen LogP contribution < -0.4 is 0 Å². The first kappa shape index (κ1) is 17.0. The molecule has 92 valence electrons. The van der Waals surface area contributed by atoms with Gasteiger partial charge in [0.1, 0.15) is 0 Å². The SMILES string of the molecule is CC(Br)CCCC(Cl)C(Br)CC(Br)CCl. The average molecular weight is 448 g/mol. The van der Waals surface area contributed by atoms with E-state index in [0.29, 0.717) is 20.4 Å². The molecule has 0 aromatic carbocycles. The lowest BCUT2D eigenvalue weighted by Gasteiger charge is -2.18. The summed E-state index contributed by atoms with van der Waals surface area (Å²) in [6, 6.07) is 0. The molecule has 0 fully saturated rings. The normalized spacial score (nSPS) is 19.6. The summed E-state index contributed by atoms with van der Waals surface area (Å²) in [5.41, 5.74) is 0. The van der Waals surface area contributed by atoms with Crippen LogP contribution in [0, 0.1) is 0 Å². The lowest BCUT2D eigenvalue weighted by Crippen LogP contribution is -2.19. The molecule has 15 heavy (non-hydrogen) atoms. The average Bonchev–Trinajstić information content (AvgIpc) is 2.16. The van der Waals surface area contributed by atoms with E-state index in [2.05, 4.69) is 54.7 Å². The Kier molecular flexibility index (Phi) is 11.3. The molecule has 0 saturated heterocycles. The van der Waals surface area contributed by atoms with Crippen molar-refractivity contribution in [2.24, 2.45) is 0 Å². The Morgan fingerprint density at radius 2 is 1.73 bits per heavy atom. The van der Waals surface area contributed by atoms with Gasteiger partial charge in [0.25, 0.3) is 0 Å². The van der Waals surface area contributed by atoms with Gasteiger partial charge >= 0.3 is 0 Å². The topological polar surface area (TPSA) is 0 Å². The molecule has 0 aromatic heterocycles. The molecule has 0 bridgehead atoms. The molecule has 0 aliphatic rings. The molecule has 0 aliphatic heterocycles. The summed E-state index contributed by atoms with van der Waals surface area (Å²) in [6.45, 7) is 2.16. The molecule has 0 aromatic rings. The van der Waals surface area contributed by atoms with E-state index in [0.717, 1.165) is 19.3 Å². The highest BCUT2D eigenvalue weighted by Crippen LogP contribution is 2.25. The lowest BCUT2D eigenvalue weighted by molar-refractivity contribution is 0.618. The molecule has 0 amide bonds. The van der Waals surface area contributed by atoms with E-state index >= 15 is 0 Å². The van der Waals surface area contributed by atoms with Gasteiger partial charge in [-0.1, -0.05) is 61.1 Å². The quantitative estimate of drug-likeness (QED) is 0.418. The maximum atomic E-state index is 6.29. The fraction of sp³-hybridized carbons (Fsp3) is 1.00. The van der Waals surface area contributed by atoms with E-state index in [1.807, 2.05) is 0 Å². The fourth-order valence-electron chi connectivity index (χ4n) is 1.23. The summed E-state index contributed by atoms with van der Waals surface area (Å²) in [7, 11) is 0. The van der Waals surface area contributed by atoms with Gasteiger partial charge in [-0.25, -0.2) is 0 Å². The van der Waals surface area contributed by atoms with Crippen LogP contribution in [-0.2, 0) is 0 Å². The predicted molar refractivity (Wildman–Crippen MR) is 82.6 cm³/mol. The van der Waals surface area contributed by atoms with Crippen LogP contribution in [0.25, 0.3) is 0 Å². The van der Waals surface area contributed by atoms with Gasteiger partial charge in [-0.2, -0.15) is 0 Å². The summed E-state index contributed by atoms with van der Waals surface area (Å²) in [6.07, 6.45) is 4.36. The van der Waals surface area contributed by atoms with Crippen LogP contribution in [0.2, 0.25) is 0 Å². The monoisotopic (exact) mass is 444 g/mol. The molecule has 4 unspecified atom stereocenters. The number of hydrogen-bond donors (Lipinski definition) is 0. The van der Waals surface area contributed by atoms with Gasteiger partial charge < -0.3 is 0 Å². The minimum atomic E-state index is 0.194. The van der Waals surface area contributed by atoms with E-state index in [1.54, 1.807) is 0 Å². The molecule has 0 radical (unpaired) electrons. The van der Waals surface area contributed by atoms with Crippen molar-refractivity contribution in [2.75, 3.05) is 5.88 Å². The Labute approximate surface area is 128 Å². The highest BCUT2D eigenvalue weighted by atomic mass is 79.9. The number of rotatable bonds is 8. The zero-order valence-electron chi connectivity index (χ0n) is 8.73. The molecule has 0 aliphatic carbocycles. The van der Waals surface area contributed by atoms with Crippen molar-refractivity contribution < 1.29 is 0 Å². The van der Waals surface area contributed by atoms with Crippen molar-refractivity contribution in [1.29, 1.82) is 0 Å². The Hall–Kier alpha value is 2.02. The van der Waals surface area contributed by atoms with Gasteiger partial charge in [0, 0.05) is 25.7 Å². The van der Waals surface area contributed by atoms with Gasteiger partial charge in [0.15, 0.2) is 0 Å². The van der Waals surface area contributed by atoms with Crippen LogP contribution in [0.4, 0.5) is 0 Å². The zero-order valence-corrected chi connectivity index (χ0v) is 15.0. The molecule has 0 rings (SSSR count). The van der Waals surface area contributed by atoms with Crippen molar-refractivity contribution in [1.82, 2.24) is 0 Å². The second kappa shape index (κ2) is 9.99. The molecule has 5 heteroatoms.